The van der Waals surface area contributed by atoms with E-state index in [2.05, 4.69) is 20.8 Å². The van der Waals surface area contributed by atoms with Crippen molar-refractivity contribution in [2.75, 3.05) is 0 Å². The lowest BCUT2D eigenvalue weighted by atomic mass is 9.75. The van der Waals surface area contributed by atoms with Crippen molar-refractivity contribution in [1.82, 2.24) is 0 Å². The van der Waals surface area contributed by atoms with Gasteiger partial charge in [-0.05, 0) is 54.7 Å². The summed E-state index contributed by atoms with van der Waals surface area (Å²) < 4.78 is 5.97. The Kier molecular flexibility index (Phi) is 5.46. The van der Waals surface area contributed by atoms with E-state index in [1.54, 1.807) is 0 Å². The number of esters is 1. The first-order valence-corrected chi connectivity index (χ1v) is 9.78. The number of carbonyl (C=O) groups is 1. The fourth-order valence-corrected chi connectivity index (χ4v) is 4.80. The van der Waals surface area contributed by atoms with Gasteiger partial charge in [-0.25, -0.2) is 0 Å². The molecule has 2 aliphatic rings. The van der Waals surface area contributed by atoms with E-state index in [9.17, 15) is 4.79 Å². The smallest absolute Gasteiger partial charge is 0.309 e. The van der Waals surface area contributed by atoms with E-state index >= 15 is 0 Å². The SMILES string of the molecule is CC(C)[C@@H]1CC[C@@H](C)C[C@H]1OC(=O)[C@H]1C[C@H]1c1c(Cl)cccc1Cl. The molecule has 24 heavy (non-hydrogen) atoms. The summed E-state index contributed by atoms with van der Waals surface area (Å²) in [6.45, 7) is 6.71. The van der Waals surface area contributed by atoms with Gasteiger partial charge in [0.15, 0.2) is 0 Å². The average Bonchev–Trinajstić information content (AvgIpc) is 3.27. The second-order valence-electron chi connectivity index (χ2n) is 7.89. The van der Waals surface area contributed by atoms with Gasteiger partial charge in [-0.2, -0.15) is 0 Å². The molecule has 0 amide bonds. The van der Waals surface area contributed by atoms with Crippen molar-refractivity contribution in [2.45, 2.75) is 58.5 Å². The van der Waals surface area contributed by atoms with Gasteiger partial charge >= 0.3 is 5.97 Å². The van der Waals surface area contributed by atoms with Crippen LogP contribution in [0.25, 0.3) is 0 Å². The van der Waals surface area contributed by atoms with E-state index in [0.29, 0.717) is 27.8 Å². The molecule has 3 rings (SSSR count). The number of benzene rings is 1. The summed E-state index contributed by atoms with van der Waals surface area (Å²) in [6, 6.07) is 5.50. The lowest BCUT2D eigenvalue weighted by Gasteiger charge is -2.36. The van der Waals surface area contributed by atoms with Crippen LogP contribution in [0.15, 0.2) is 18.2 Å². The lowest BCUT2D eigenvalue weighted by Crippen LogP contribution is -2.36. The van der Waals surface area contributed by atoms with Crippen molar-refractivity contribution < 1.29 is 9.53 Å². The molecule has 132 valence electrons. The minimum absolute atomic E-state index is 0.0595. The highest BCUT2D eigenvalue weighted by Gasteiger charge is 2.48. The molecule has 2 saturated carbocycles. The third-order valence-corrected chi connectivity index (χ3v) is 6.35. The fraction of sp³-hybridized carbons (Fsp3) is 0.650. The molecule has 5 atom stereocenters. The van der Waals surface area contributed by atoms with Gasteiger partial charge in [0.05, 0.1) is 5.92 Å². The normalized spacial score (nSPS) is 32.7. The van der Waals surface area contributed by atoms with E-state index in [1.807, 2.05) is 18.2 Å². The van der Waals surface area contributed by atoms with Gasteiger partial charge in [0.2, 0.25) is 0 Å². The van der Waals surface area contributed by atoms with Gasteiger partial charge in [-0.15, -0.1) is 0 Å². The summed E-state index contributed by atoms with van der Waals surface area (Å²) in [7, 11) is 0. The standard InChI is InChI=1S/C20H26Cl2O2/c1-11(2)13-8-7-12(3)9-18(13)24-20(23)15-10-14(15)19-16(21)5-4-6-17(19)22/h4-6,11-15,18H,7-10H2,1-3H3/t12-,13+,14-,15+,18-/m1/s1. The molecule has 1 aromatic rings. The zero-order chi connectivity index (χ0) is 17.4. The van der Waals surface area contributed by atoms with E-state index in [4.69, 9.17) is 27.9 Å². The molecule has 0 spiro atoms. The summed E-state index contributed by atoms with van der Waals surface area (Å²) in [5.41, 5.74) is 0.903. The van der Waals surface area contributed by atoms with Crippen LogP contribution in [0.4, 0.5) is 0 Å². The summed E-state index contributed by atoms with van der Waals surface area (Å²) in [5, 5.41) is 1.29. The number of halogens is 2. The van der Waals surface area contributed by atoms with Crippen molar-refractivity contribution in [3.63, 3.8) is 0 Å². The second kappa shape index (κ2) is 7.25. The van der Waals surface area contributed by atoms with Crippen molar-refractivity contribution >= 4 is 29.2 Å². The second-order valence-corrected chi connectivity index (χ2v) is 8.70. The Morgan fingerprint density at radius 2 is 1.83 bits per heavy atom. The Morgan fingerprint density at radius 3 is 2.46 bits per heavy atom. The minimum Gasteiger partial charge on any atom is -0.462 e. The molecule has 0 bridgehead atoms. The minimum atomic E-state index is -0.0903. The summed E-state index contributed by atoms with van der Waals surface area (Å²) >= 11 is 12.5. The molecule has 2 fully saturated rings. The molecule has 0 saturated heterocycles. The van der Waals surface area contributed by atoms with Crippen molar-refractivity contribution in [2.24, 2.45) is 23.7 Å². The van der Waals surface area contributed by atoms with Crippen LogP contribution in [0.2, 0.25) is 10.0 Å². The molecule has 4 heteroatoms. The van der Waals surface area contributed by atoms with Crippen LogP contribution in [0.5, 0.6) is 0 Å². The van der Waals surface area contributed by atoms with Gasteiger partial charge in [0, 0.05) is 16.0 Å². The molecule has 1 aromatic carbocycles. The first kappa shape index (κ1) is 18.1. The van der Waals surface area contributed by atoms with Crippen LogP contribution in [0.3, 0.4) is 0 Å². The molecular weight excluding hydrogens is 343 g/mol. The molecule has 2 aliphatic carbocycles. The monoisotopic (exact) mass is 368 g/mol. The average molecular weight is 369 g/mol. The van der Waals surface area contributed by atoms with E-state index in [0.717, 1.165) is 24.8 Å². The first-order valence-electron chi connectivity index (χ1n) is 9.02. The predicted molar refractivity (Wildman–Crippen MR) is 98.5 cm³/mol. The van der Waals surface area contributed by atoms with Crippen LogP contribution < -0.4 is 0 Å². The van der Waals surface area contributed by atoms with Crippen LogP contribution in [-0.2, 0) is 9.53 Å². The summed E-state index contributed by atoms with van der Waals surface area (Å²) in [5.74, 6) is 1.60. The zero-order valence-electron chi connectivity index (χ0n) is 14.6. The maximum atomic E-state index is 12.6. The highest BCUT2D eigenvalue weighted by molar-refractivity contribution is 6.36. The topological polar surface area (TPSA) is 26.3 Å². The highest BCUT2D eigenvalue weighted by Crippen LogP contribution is 2.53. The molecule has 0 aliphatic heterocycles. The molecule has 0 aromatic heterocycles. The van der Waals surface area contributed by atoms with Crippen LogP contribution in [0, 0.1) is 23.7 Å². The number of rotatable bonds is 4. The number of carbonyl (C=O) groups excluding carboxylic acids is 1. The van der Waals surface area contributed by atoms with Gasteiger partial charge in [-0.3, -0.25) is 4.79 Å². The number of hydrogen-bond acceptors (Lipinski definition) is 2. The van der Waals surface area contributed by atoms with Crippen molar-refractivity contribution in [3.05, 3.63) is 33.8 Å². The van der Waals surface area contributed by atoms with Gasteiger partial charge in [-0.1, -0.05) is 56.5 Å². The van der Waals surface area contributed by atoms with E-state index in [1.165, 1.54) is 6.42 Å². The Bertz CT molecular complexity index is 593. The van der Waals surface area contributed by atoms with Crippen LogP contribution in [-0.4, -0.2) is 12.1 Å². The Labute approximate surface area is 154 Å². The van der Waals surface area contributed by atoms with Gasteiger partial charge < -0.3 is 4.74 Å². The largest absolute Gasteiger partial charge is 0.462 e. The summed E-state index contributed by atoms with van der Waals surface area (Å²) in [6.07, 6.45) is 4.22. The lowest BCUT2D eigenvalue weighted by molar-refractivity contribution is -0.157. The van der Waals surface area contributed by atoms with Gasteiger partial charge in [0.1, 0.15) is 6.10 Å². The number of hydrogen-bond donors (Lipinski definition) is 0. The predicted octanol–water partition coefficient (Wildman–Crippen LogP) is 6.10. The molecule has 0 radical (unpaired) electrons. The van der Waals surface area contributed by atoms with Crippen molar-refractivity contribution in [1.29, 1.82) is 0 Å². The molecule has 0 unspecified atom stereocenters. The van der Waals surface area contributed by atoms with Gasteiger partial charge in [0.25, 0.3) is 0 Å². The molecule has 0 N–H and O–H groups in total. The third kappa shape index (κ3) is 3.75. The van der Waals surface area contributed by atoms with Crippen LogP contribution in [0.1, 0.15) is 57.9 Å². The number of ether oxygens (including phenoxy) is 1. The van der Waals surface area contributed by atoms with Crippen molar-refractivity contribution in [3.8, 4) is 0 Å². The molecular formula is C20H26Cl2O2. The first-order chi connectivity index (χ1) is 11.4. The maximum absolute atomic E-state index is 12.6. The highest BCUT2D eigenvalue weighted by atomic mass is 35.5. The summed E-state index contributed by atoms with van der Waals surface area (Å²) in [4.78, 5) is 12.6. The Morgan fingerprint density at radius 1 is 1.17 bits per heavy atom. The zero-order valence-corrected chi connectivity index (χ0v) is 16.1. The molecule has 0 heterocycles. The Balaban J connectivity index is 1.66. The third-order valence-electron chi connectivity index (χ3n) is 5.69. The van der Waals surface area contributed by atoms with E-state index in [-0.39, 0.29) is 23.9 Å². The Hall–Kier alpha value is -0.730. The fourth-order valence-electron chi connectivity index (χ4n) is 4.13. The quantitative estimate of drug-likeness (QED) is 0.600. The maximum Gasteiger partial charge on any atom is 0.309 e. The van der Waals surface area contributed by atoms with Crippen LogP contribution >= 0.6 is 23.2 Å². The molecule has 2 nitrogen and oxygen atoms in total. The van der Waals surface area contributed by atoms with E-state index < -0.39 is 0 Å².